The van der Waals surface area contributed by atoms with Crippen molar-refractivity contribution in [3.8, 4) is 5.75 Å². The number of aromatic amines is 1. The molecular formula is C23H28N4O2. The molecule has 0 radical (unpaired) electrons. The van der Waals surface area contributed by atoms with Crippen molar-refractivity contribution in [2.75, 3.05) is 13.1 Å². The molecule has 3 N–H and O–H groups in total. The van der Waals surface area contributed by atoms with Gasteiger partial charge in [0.15, 0.2) is 0 Å². The highest BCUT2D eigenvalue weighted by Crippen LogP contribution is 2.32. The molecule has 0 aliphatic carbocycles. The van der Waals surface area contributed by atoms with Gasteiger partial charge in [0.1, 0.15) is 5.75 Å². The first-order valence-electron chi connectivity index (χ1n) is 10.2. The van der Waals surface area contributed by atoms with Gasteiger partial charge >= 0.3 is 0 Å². The lowest BCUT2D eigenvalue weighted by Gasteiger charge is -2.33. The zero-order chi connectivity index (χ0) is 20.2. The minimum atomic E-state index is -0.116. The van der Waals surface area contributed by atoms with Gasteiger partial charge in [-0.2, -0.15) is 5.10 Å². The molecule has 2 aromatic heterocycles. The first-order valence-corrected chi connectivity index (χ1v) is 10.2. The van der Waals surface area contributed by atoms with Gasteiger partial charge in [-0.25, -0.2) is 0 Å². The Morgan fingerprint density at radius 1 is 1.17 bits per heavy atom. The molecule has 1 aliphatic rings. The van der Waals surface area contributed by atoms with Crippen molar-refractivity contribution < 1.29 is 10.2 Å². The van der Waals surface area contributed by atoms with E-state index in [-0.39, 0.29) is 12.4 Å². The summed E-state index contributed by atoms with van der Waals surface area (Å²) in [5, 5.41) is 27.7. The summed E-state index contributed by atoms with van der Waals surface area (Å²) >= 11 is 0. The highest BCUT2D eigenvalue weighted by molar-refractivity contribution is 5.40. The molecular weight excluding hydrogens is 364 g/mol. The predicted octanol–water partition coefficient (Wildman–Crippen LogP) is 3.28. The number of hydrogen-bond acceptors (Lipinski definition) is 5. The van der Waals surface area contributed by atoms with Crippen LogP contribution in [-0.2, 0) is 19.6 Å². The zero-order valence-electron chi connectivity index (χ0n) is 16.8. The van der Waals surface area contributed by atoms with Crippen LogP contribution in [0, 0.1) is 6.92 Å². The lowest BCUT2D eigenvalue weighted by atomic mass is 9.90. The number of aliphatic hydroxyl groups is 1. The molecule has 0 amide bonds. The Morgan fingerprint density at radius 3 is 2.79 bits per heavy atom. The number of aromatic hydroxyl groups is 1. The second-order valence-electron chi connectivity index (χ2n) is 7.90. The van der Waals surface area contributed by atoms with E-state index in [9.17, 15) is 10.2 Å². The molecule has 4 rings (SSSR count). The zero-order valence-corrected chi connectivity index (χ0v) is 16.8. The Labute approximate surface area is 171 Å². The molecule has 0 spiro atoms. The molecule has 1 aromatic carbocycles. The maximum Gasteiger partial charge on any atom is 0.141 e. The van der Waals surface area contributed by atoms with Gasteiger partial charge in [-0.1, -0.05) is 30.3 Å². The SMILES string of the molecule is Cc1ncc(CO)c(CN2CCCC(c3[nH]ncc3Cc3ccccc3)C2)c1O. The molecule has 1 saturated heterocycles. The van der Waals surface area contributed by atoms with Gasteiger partial charge in [0.25, 0.3) is 0 Å². The van der Waals surface area contributed by atoms with Gasteiger partial charge in [-0.05, 0) is 37.4 Å². The normalized spacial score (nSPS) is 17.5. The number of H-pyrrole nitrogens is 1. The maximum atomic E-state index is 10.5. The number of aliphatic hydroxyl groups excluding tert-OH is 1. The molecule has 3 heterocycles. The third-order valence-electron chi connectivity index (χ3n) is 5.88. The van der Waals surface area contributed by atoms with E-state index in [0.717, 1.165) is 37.9 Å². The Kier molecular flexibility index (Phi) is 5.92. The number of likely N-dealkylation sites (tertiary alicyclic amines) is 1. The van der Waals surface area contributed by atoms with Crippen LogP contribution in [0.4, 0.5) is 0 Å². The first-order chi connectivity index (χ1) is 14.2. The molecule has 1 unspecified atom stereocenters. The maximum absolute atomic E-state index is 10.5. The van der Waals surface area contributed by atoms with E-state index in [2.05, 4.69) is 44.3 Å². The molecule has 3 aromatic rings. The Morgan fingerprint density at radius 2 is 2.00 bits per heavy atom. The number of hydrogen-bond donors (Lipinski definition) is 3. The van der Waals surface area contributed by atoms with Crippen molar-refractivity contribution in [1.29, 1.82) is 0 Å². The van der Waals surface area contributed by atoms with Crippen molar-refractivity contribution in [2.45, 2.75) is 45.3 Å². The fraction of sp³-hybridized carbons (Fsp3) is 0.391. The number of piperidine rings is 1. The number of aryl methyl sites for hydroxylation is 1. The van der Waals surface area contributed by atoms with Gasteiger partial charge in [-0.3, -0.25) is 15.0 Å². The lowest BCUT2D eigenvalue weighted by Crippen LogP contribution is -2.34. The van der Waals surface area contributed by atoms with Gasteiger partial charge in [-0.15, -0.1) is 0 Å². The quantitative estimate of drug-likeness (QED) is 0.599. The number of nitrogens with zero attached hydrogens (tertiary/aromatic N) is 3. The van der Waals surface area contributed by atoms with Crippen molar-refractivity contribution in [2.24, 2.45) is 0 Å². The second kappa shape index (κ2) is 8.76. The van der Waals surface area contributed by atoms with E-state index in [1.807, 2.05) is 12.3 Å². The smallest absolute Gasteiger partial charge is 0.141 e. The predicted molar refractivity (Wildman–Crippen MR) is 112 cm³/mol. The van der Waals surface area contributed by atoms with Crippen LogP contribution in [0.25, 0.3) is 0 Å². The highest BCUT2D eigenvalue weighted by atomic mass is 16.3. The van der Waals surface area contributed by atoms with Crippen LogP contribution in [0.1, 0.15) is 52.4 Å². The average Bonchev–Trinajstić information content (AvgIpc) is 3.21. The summed E-state index contributed by atoms with van der Waals surface area (Å²) in [6.07, 6.45) is 6.70. The summed E-state index contributed by atoms with van der Waals surface area (Å²) in [7, 11) is 0. The summed E-state index contributed by atoms with van der Waals surface area (Å²) < 4.78 is 0. The van der Waals surface area contributed by atoms with Gasteiger partial charge in [0.05, 0.1) is 18.5 Å². The molecule has 1 aliphatic heterocycles. The summed E-state index contributed by atoms with van der Waals surface area (Å²) in [6, 6.07) is 10.5. The number of nitrogens with one attached hydrogen (secondary N) is 1. The van der Waals surface area contributed by atoms with Crippen LogP contribution < -0.4 is 0 Å². The fourth-order valence-corrected chi connectivity index (χ4v) is 4.29. The molecule has 0 bridgehead atoms. The summed E-state index contributed by atoms with van der Waals surface area (Å²) in [5.41, 5.74) is 5.84. The van der Waals surface area contributed by atoms with Gasteiger partial charge in [0.2, 0.25) is 0 Å². The molecule has 6 heteroatoms. The van der Waals surface area contributed by atoms with Crippen LogP contribution in [0.15, 0.2) is 42.7 Å². The number of pyridine rings is 1. The molecule has 6 nitrogen and oxygen atoms in total. The highest BCUT2D eigenvalue weighted by Gasteiger charge is 2.26. The summed E-state index contributed by atoms with van der Waals surface area (Å²) in [5.74, 6) is 0.581. The number of benzene rings is 1. The molecule has 152 valence electrons. The van der Waals surface area contributed by atoms with Crippen molar-refractivity contribution >= 4 is 0 Å². The lowest BCUT2D eigenvalue weighted by molar-refractivity contribution is 0.193. The molecule has 0 saturated carbocycles. The first kappa shape index (κ1) is 19.6. The van der Waals surface area contributed by atoms with Crippen molar-refractivity contribution in [3.63, 3.8) is 0 Å². The second-order valence-corrected chi connectivity index (χ2v) is 7.90. The van der Waals surface area contributed by atoms with Gasteiger partial charge in [0, 0.05) is 48.4 Å². The van der Waals surface area contributed by atoms with E-state index in [4.69, 9.17) is 0 Å². The van der Waals surface area contributed by atoms with E-state index in [1.165, 1.54) is 16.8 Å². The standard InChI is InChI=1S/C23H28N4O2/c1-16-23(29)21(20(15-28)11-24-16)14-27-9-5-8-18(13-27)22-19(12-25-26-22)10-17-6-3-2-4-7-17/h2-4,6-7,11-12,18,28-29H,5,8-10,13-15H2,1H3,(H,25,26). The van der Waals surface area contributed by atoms with Crippen LogP contribution in [0.2, 0.25) is 0 Å². The largest absolute Gasteiger partial charge is 0.506 e. The average molecular weight is 393 g/mol. The fourth-order valence-electron chi connectivity index (χ4n) is 4.29. The monoisotopic (exact) mass is 392 g/mol. The van der Waals surface area contributed by atoms with Crippen molar-refractivity contribution in [3.05, 3.63) is 76.4 Å². The van der Waals surface area contributed by atoms with E-state index in [1.54, 1.807) is 13.1 Å². The van der Waals surface area contributed by atoms with Crippen molar-refractivity contribution in [1.82, 2.24) is 20.1 Å². The third kappa shape index (κ3) is 4.33. The summed E-state index contributed by atoms with van der Waals surface area (Å²) in [4.78, 5) is 6.52. The van der Waals surface area contributed by atoms with Crippen LogP contribution in [0.3, 0.4) is 0 Å². The summed E-state index contributed by atoms with van der Waals surface area (Å²) in [6.45, 7) is 4.17. The third-order valence-corrected chi connectivity index (χ3v) is 5.88. The minimum absolute atomic E-state index is 0.116. The van der Waals surface area contributed by atoms with E-state index >= 15 is 0 Å². The minimum Gasteiger partial charge on any atom is -0.506 e. The molecule has 1 fully saturated rings. The molecule has 1 atom stereocenters. The van der Waals surface area contributed by atoms with Gasteiger partial charge < -0.3 is 10.2 Å². The van der Waals surface area contributed by atoms with Crippen LogP contribution in [-0.4, -0.2) is 43.4 Å². The van der Waals surface area contributed by atoms with E-state index in [0.29, 0.717) is 23.7 Å². The number of rotatable bonds is 6. The van der Waals surface area contributed by atoms with Crippen LogP contribution in [0.5, 0.6) is 5.75 Å². The Hall–Kier alpha value is -2.70. The van der Waals surface area contributed by atoms with Crippen LogP contribution >= 0.6 is 0 Å². The topological polar surface area (TPSA) is 85.3 Å². The number of aromatic nitrogens is 3. The Bertz CT molecular complexity index is 955. The Balaban J connectivity index is 1.50. The molecule has 29 heavy (non-hydrogen) atoms. The van der Waals surface area contributed by atoms with E-state index < -0.39 is 0 Å².